The Morgan fingerprint density at radius 3 is 2.17 bits per heavy atom. The van der Waals surface area contributed by atoms with Crippen LogP contribution in [0.2, 0.25) is 0 Å². The van der Waals surface area contributed by atoms with Crippen LogP contribution in [-0.2, 0) is 16.2 Å². The van der Waals surface area contributed by atoms with Crippen LogP contribution in [-0.4, -0.2) is 73.5 Å². The first-order chi connectivity index (χ1) is 16.2. The zero-order chi connectivity index (χ0) is 26.1. The first kappa shape index (κ1) is 27.7. The number of hydrogen-bond acceptors (Lipinski definition) is 4. The van der Waals surface area contributed by atoms with Gasteiger partial charge >= 0.3 is 6.18 Å². The van der Waals surface area contributed by atoms with Gasteiger partial charge in [0.1, 0.15) is 5.82 Å². The molecule has 1 N–H and O–H groups in total. The van der Waals surface area contributed by atoms with Crippen molar-refractivity contribution in [3.63, 3.8) is 0 Å². The van der Waals surface area contributed by atoms with Crippen LogP contribution in [0, 0.1) is 5.82 Å². The molecule has 1 saturated heterocycles. The highest BCUT2D eigenvalue weighted by molar-refractivity contribution is 7.89. The number of carbonyl (C=O) groups is 1. The van der Waals surface area contributed by atoms with Crippen molar-refractivity contribution in [1.82, 2.24) is 14.5 Å². The van der Waals surface area contributed by atoms with Crippen molar-refractivity contribution < 1.29 is 39.6 Å². The molecular weight excluding hydrogens is 500 g/mol. The van der Waals surface area contributed by atoms with Crippen molar-refractivity contribution in [2.75, 3.05) is 38.5 Å². The normalized spacial score (nSPS) is 21.6. The molecule has 1 aliphatic heterocycles. The summed E-state index contributed by atoms with van der Waals surface area (Å²) in [6.45, 7) is 2.55. The fourth-order valence-electron chi connectivity index (χ4n) is 4.73. The minimum Gasteiger partial charge on any atom is -0.350 e. The predicted molar refractivity (Wildman–Crippen MR) is 117 cm³/mol. The minimum atomic E-state index is -4.76. The maximum atomic E-state index is 14.2. The molecule has 1 heterocycles. The van der Waals surface area contributed by atoms with E-state index in [9.17, 15) is 39.6 Å². The number of alkyl halides is 5. The molecule has 1 saturated carbocycles. The van der Waals surface area contributed by atoms with E-state index in [1.807, 2.05) is 4.90 Å². The SMILES string of the molecule is CCCS(=O)(=O)N1CCN(C2(CNC(=O)c3ccc(C(F)(F)F)cc3F)CCC(F)(F)CC2)CC1. The molecule has 6 nitrogen and oxygen atoms in total. The molecule has 0 atom stereocenters. The number of sulfonamides is 1. The Labute approximate surface area is 200 Å². The van der Waals surface area contributed by atoms with E-state index in [4.69, 9.17) is 0 Å². The molecule has 198 valence electrons. The summed E-state index contributed by atoms with van der Waals surface area (Å²) in [4.78, 5) is 14.5. The third kappa shape index (κ3) is 6.48. The Morgan fingerprint density at radius 2 is 1.66 bits per heavy atom. The second kappa shape index (κ2) is 10.3. The number of rotatable bonds is 7. The van der Waals surface area contributed by atoms with Crippen molar-refractivity contribution in [1.29, 1.82) is 0 Å². The molecule has 3 rings (SSSR count). The van der Waals surface area contributed by atoms with Gasteiger partial charge in [0.2, 0.25) is 15.9 Å². The van der Waals surface area contributed by atoms with Crippen LogP contribution in [0.1, 0.15) is 54.9 Å². The Hall–Kier alpha value is -1.86. The highest BCUT2D eigenvalue weighted by Gasteiger charge is 2.47. The summed E-state index contributed by atoms with van der Waals surface area (Å²) in [6.07, 6.45) is -5.10. The third-order valence-electron chi connectivity index (χ3n) is 6.80. The molecular formula is C22H29F6N3O3S. The molecule has 13 heteroatoms. The van der Waals surface area contributed by atoms with E-state index in [1.165, 1.54) is 4.31 Å². The van der Waals surface area contributed by atoms with Crippen molar-refractivity contribution in [3.8, 4) is 0 Å². The first-order valence-corrected chi connectivity index (χ1v) is 13.1. The number of halogens is 6. The number of carbonyl (C=O) groups excluding carboxylic acids is 1. The van der Waals surface area contributed by atoms with Crippen LogP contribution in [0.25, 0.3) is 0 Å². The molecule has 0 unspecified atom stereocenters. The molecule has 0 spiro atoms. The van der Waals surface area contributed by atoms with E-state index in [-0.39, 0.29) is 57.4 Å². The average molecular weight is 530 g/mol. The van der Waals surface area contributed by atoms with Crippen molar-refractivity contribution >= 4 is 15.9 Å². The summed E-state index contributed by atoms with van der Waals surface area (Å²) in [5.41, 5.74) is -2.71. The van der Waals surface area contributed by atoms with Gasteiger partial charge < -0.3 is 5.32 Å². The molecule has 2 aliphatic rings. The number of nitrogens with zero attached hydrogens (tertiary/aromatic N) is 2. The van der Waals surface area contributed by atoms with Gasteiger partial charge in [-0.05, 0) is 37.5 Å². The quantitative estimate of drug-likeness (QED) is 0.545. The number of hydrogen-bond donors (Lipinski definition) is 1. The lowest BCUT2D eigenvalue weighted by atomic mass is 9.78. The summed E-state index contributed by atoms with van der Waals surface area (Å²) in [5.74, 6) is -5.13. The maximum absolute atomic E-state index is 14.2. The van der Waals surface area contributed by atoms with Gasteiger partial charge in [0.05, 0.1) is 16.9 Å². The minimum absolute atomic E-state index is 0.0130. The highest BCUT2D eigenvalue weighted by Crippen LogP contribution is 2.42. The molecule has 1 aromatic carbocycles. The fraction of sp³-hybridized carbons (Fsp3) is 0.682. The Kier molecular flexibility index (Phi) is 8.12. The zero-order valence-electron chi connectivity index (χ0n) is 19.3. The lowest BCUT2D eigenvalue weighted by Gasteiger charge is -2.50. The molecule has 1 aromatic rings. The number of benzene rings is 1. The van der Waals surface area contributed by atoms with E-state index in [0.29, 0.717) is 12.5 Å². The van der Waals surface area contributed by atoms with Gasteiger partial charge in [-0.15, -0.1) is 0 Å². The Balaban J connectivity index is 1.73. The predicted octanol–water partition coefficient (Wildman–Crippen LogP) is 3.88. The summed E-state index contributed by atoms with van der Waals surface area (Å²) in [5, 5.41) is 2.52. The third-order valence-corrected chi connectivity index (χ3v) is 8.87. The van der Waals surface area contributed by atoms with Crippen LogP contribution < -0.4 is 5.32 Å². The van der Waals surface area contributed by atoms with Crippen LogP contribution in [0.4, 0.5) is 26.3 Å². The highest BCUT2D eigenvalue weighted by atomic mass is 32.2. The van der Waals surface area contributed by atoms with E-state index in [0.717, 1.165) is 6.07 Å². The van der Waals surface area contributed by atoms with Crippen LogP contribution in [0.5, 0.6) is 0 Å². The number of piperazine rings is 1. The van der Waals surface area contributed by atoms with Gasteiger partial charge in [0, 0.05) is 51.1 Å². The summed E-state index contributed by atoms with van der Waals surface area (Å²) < 4.78 is 107. The lowest BCUT2D eigenvalue weighted by molar-refractivity contribution is -0.137. The van der Waals surface area contributed by atoms with E-state index in [2.05, 4.69) is 5.32 Å². The monoisotopic (exact) mass is 529 g/mol. The summed E-state index contributed by atoms with van der Waals surface area (Å²) in [7, 11) is -3.41. The molecule has 0 radical (unpaired) electrons. The number of nitrogens with one attached hydrogen (secondary N) is 1. The van der Waals surface area contributed by atoms with E-state index >= 15 is 0 Å². The van der Waals surface area contributed by atoms with Gasteiger partial charge in [-0.2, -0.15) is 17.5 Å². The van der Waals surface area contributed by atoms with Crippen molar-refractivity contribution in [2.24, 2.45) is 0 Å². The molecule has 2 fully saturated rings. The molecule has 0 aromatic heterocycles. The smallest absolute Gasteiger partial charge is 0.350 e. The molecule has 1 aliphatic carbocycles. The van der Waals surface area contributed by atoms with Gasteiger partial charge in [-0.1, -0.05) is 6.92 Å². The van der Waals surface area contributed by atoms with Crippen molar-refractivity contribution in [2.45, 2.75) is 56.7 Å². The average Bonchev–Trinajstić information content (AvgIpc) is 2.78. The zero-order valence-corrected chi connectivity index (χ0v) is 20.1. The number of amides is 1. The van der Waals surface area contributed by atoms with Gasteiger partial charge in [-0.25, -0.2) is 21.6 Å². The fourth-order valence-corrected chi connectivity index (χ4v) is 6.22. The summed E-state index contributed by atoms with van der Waals surface area (Å²) >= 11 is 0. The Morgan fingerprint density at radius 1 is 1.06 bits per heavy atom. The molecule has 1 amide bonds. The van der Waals surface area contributed by atoms with Gasteiger partial charge in [-0.3, -0.25) is 9.69 Å². The molecule has 35 heavy (non-hydrogen) atoms. The van der Waals surface area contributed by atoms with Crippen LogP contribution in [0.15, 0.2) is 18.2 Å². The topological polar surface area (TPSA) is 69.7 Å². The largest absolute Gasteiger partial charge is 0.416 e. The standard InChI is InChI=1S/C22H29F6N3O3S/c1-2-13-35(33,34)31-11-9-30(10-12-31)20(5-7-21(24,25)8-6-20)15-29-19(32)17-4-3-16(14-18(17)23)22(26,27)28/h3-4,14H,2,5-13,15H2,1H3,(H,29,32). The van der Waals surface area contributed by atoms with Crippen molar-refractivity contribution in [3.05, 3.63) is 35.1 Å². The van der Waals surface area contributed by atoms with Crippen LogP contribution in [0.3, 0.4) is 0 Å². The Bertz CT molecular complexity index is 1010. The van der Waals surface area contributed by atoms with Crippen LogP contribution >= 0.6 is 0 Å². The first-order valence-electron chi connectivity index (χ1n) is 11.4. The maximum Gasteiger partial charge on any atom is 0.416 e. The van der Waals surface area contributed by atoms with E-state index in [1.54, 1.807) is 6.92 Å². The summed E-state index contributed by atoms with van der Waals surface area (Å²) in [6, 6.07) is 1.58. The van der Waals surface area contributed by atoms with Gasteiger partial charge in [0.15, 0.2) is 0 Å². The van der Waals surface area contributed by atoms with Gasteiger partial charge in [0.25, 0.3) is 5.91 Å². The second-order valence-electron chi connectivity index (χ2n) is 9.16. The van der Waals surface area contributed by atoms with E-state index < -0.39 is 63.4 Å². The molecule has 0 bridgehead atoms. The second-order valence-corrected chi connectivity index (χ2v) is 11.2. The lowest BCUT2D eigenvalue weighted by Crippen LogP contribution is -2.63.